The predicted molar refractivity (Wildman–Crippen MR) is 71.0 cm³/mol. The minimum Gasteiger partial charge on any atom is -0.445 e. The first kappa shape index (κ1) is 12.9. The molecule has 6 nitrogen and oxygen atoms in total. The molecule has 100 valence electrons. The number of amides is 1. The van der Waals surface area contributed by atoms with Crippen LogP contribution < -0.4 is 16.7 Å². The first-order chi connectivity index (χ1) is 9.10. The summed E-state index contributed by atoms with van der Waals surface area (Å²) >= 11 is 0. The summed E-state index contributed by atoms with van der Waals surface area (Å²) in [5.74, 6) is 0. The Hall–Kier alpha value is -2.50. The zero-order chi connectivity index (χ0) is 13.8. The second-order valence-electron chi connectivity index (χ2n) is 3.94. The molecule has 2 aromatic rings. The topological polar surface area (TPSA) is 94.6 Å². The summed E-state index contributed by atoms with van der Waals surface area (Å²) in [6.07, 6.45) is -0.884. The molecule has 0 aliphatic heterocycles. The van der Waals surface area contributed by atoms with Crippen molar-refractivity contribution in [2.24, 2.45) is 5.73 Å². The third-order valence-electron chi connectivity index (χ3n) is 2.58. The Morgan fingerprint density at radius 3 is 2.89 bits per heavy atom. The molecule has 3 N–H and O–H groups in total. The molecule has 0 aliphatic rings. The van der Waals surface area contributed by atoms with Crippen LogP contribution in [0.4, 0.5) is 10.5 Å². The van der Waals surface area contributed by atoms with Crippen molar-refractivity contribution in [2.45, 2.75) is 13.5 Å². The average molecular weight is 262 g/mol. The van der Waals surface area contributed by atoms with Gasteiger partial charge in [0.1, 0.15) is 12.2 Å². The summed E-state index contributed by atoms with van der Waals surface area (Å²) in [6, 6.07) is 6.68. The Morgan fingerprint density at radius 1 is 1.42 bits per heavy atom. The standard InChI is InChI=1S/C13H14N2O4/c1-2-15-9-3-4-10-8(7-18-13(14)17)5-12(16)19-11(10)6-9/h3-6,15H,2,7H2,1H3,(H2,14,17). The SMILES string of the molecule is CCNc1ccc2c(COC(N)=O)cc(=O)oc2c1. The summed E-state index contributed by atoms with van der Waals surface area (Å²) in [4.78, 5) is 22.1. The Kier molecular flexibility index (Phi) is 3.70. The van der Waals surface area contributed by atoms with Gasteiger partial charge < -0.3 is 20.2 Å². The Balaban J connectivity index is 2.46. The zero-order valence-corrected chi connectivity index (χ0v) is 10.4. The highest BCUT2D eigenvalue weighted by Crippen LogP contribution is 2.21. The van der Waals surface area contributed by atoms with E-state index in [1.165, 1.54) is 6.07 Å². The molecule has 1 amide bonds. The number of nitrogens with one attached hydrogen (secondary N) is 1. The van der Waals surface area contributed by atoms with E-state index >= 15 is 0 Å². The number of anilines is 1. The van der Waals surface area contributed by atoms with Crippen LogP contribution in [-0.2, 0) is 11.3 Å². The number of fused-ring (bicyclic) bond motifs is 1. The molecule has 0 aliphatic carbocycles. The minimum atomic E-state index is -0.884. The van der Waals surface area contributed by atoms with Crippen molar-refractivity contribution in [3.8, 4) is 0 Å². The molecule has 0 unspecified atom stereocenters. The van der Waals surface area contributed by atoms with Crippen LogP contribution in [-0.4, -0.2) is 12.6 Å². The van der Waals surface area contributed by atoms with Crippen molar-refractivity contribution in [3.63, 3.8) is 0 Å². The van der Waals surface area contributed by atoms with Gasteiger partial charge in [0.05, 0.1) is 0 Å². The number of carbonyl (C=O) groups is 1. The van der Waals surface area contributed by atoms with Crippen LogP contribution in [0.25, 0.3) is 11.0 Å². The first-order valence-electron chi connectivity index (χ1n) is 5.83. The number of ether oxygens (including phenoxy) is 1. The molecule has 6 heteroatoms. The highest BCUT2D eigenvalue weighted by molar-refractivity contribution is 5.83. The third-order valence-corrected chi connectivity index (χ3v) is 2.58. The van der Waals surface area contributed by atoms with Gasteiger partial charge in [-0.1, -0.05) is 0 Å². The number of nitrogens with two attached hydrogens (primary N) is 1. The lowest BCUT2D eigenvalue weighted by Crippen LogP contribution is -2.13. The lowest BCUT2D eigenvalue weighted by atomic mass is 10.1. The van der Waals surface area contributed by atoms with Crippen molar-refractivity contribution in [1.82, 2.24) is 0 Å². The van der Waals surface area contributed by atoms with Gasteiger partial charge in [0.2, 0.25) is 0 Å². The highest BCUT2D eigenvalue weighted by Gasteiger charge is 2.08. The number of hydrogen-bond donors (Lipinski definition) is 2. The van der Waals surface area contributed by atoms with E-state index in [-0.39, 0.29) is 6.61 Å². The van der Waals surface area contributed by atoms with Gasteiger partial charge in [0.15, 0.2) is 0 Å². The summed E-state index contributed by atoms with van der Waals surface area (Å²) < 4.78 is 9.84. The van der Waals surface area contributed by atoms with Gasteiger partial charge in [-0.15, -0.1) is 0 Å². The number of hydrogen-bond acceptors (Lipinski definition) is 5. The van der Waals surface area contributed by atoms with Crippen LogP contribution in [0.1, 0.15) is 12.5 Å². The van der Waals surface area contributed by atoms with E-state index in [1.807, 2.05) is 13.0 Å². The number of carbonyl (C=O) groups excluding carboxylic acids is 1. The third kappa shape index (κ3) is 3.04. The van der Waals surface area contributed by atoms with Gasteiger partial charge in [-0.3, -0.25) is 0 Å². The minimum absolute atomic E-state index is 0.0576. The van der Waals surface area contributed by atoms with Crippen LogP contribution in [0.2, 0.25) is 0 Å². The van der Waals surface area contributed by atoms with Crippen LogP contribution in [0.3, 0.4) is 0 Å². The van der Waals surface area contributed by atoms with E-state index in [1.54, 1.807) is 12.1 Å². The summed E-state index contributed by atoms with van der Waals surface area (Å²) in [5, 5.41) is 3.83. The summed E-state index contributed by atoms with van der Waals surface area (Å²) in [5.41, 5.74) is 6.27. The van der Waals surface area contributed by atoms with Crippen molar-refractivity contribution in [2.75, 3.05) is 11.9 Å². The maximum Gasteiger partial charge on any atom is 0.404 e. The molecular weight excluding hydrogens is 248 g/mol. The molecule has 0 radical (unpaired) electrons. The van der Waals surface area contributed by atoms with E-state index in [4.69, 9.17) is 14.9 Å². The summed E-state index contributed by atoms with van der Waals surface area (Å²) in [7, 11) is 0. The van der Waals surface area contributed by atoms with Crippen molar-refractivity contribution < 1.29 is 13.9 Å². The summed E-state index contributed by atoms with van der Waals surface area (Å²) in [6.45, 7) is 2.68. The predicted octanol–water partition coefficient (Wildman–Crippen LogP) is 1.82. The lowest BCUT2D eigenvalue weighted by molar-refractivity contribution is 0.150. The van der Waals surface area contributed by atoms with E-state index in [0.29, 0.717) is 16.5 Å². The van der Waals surface area contributed by atoms with Crippen LogP contribution in [0.5, 0.6) is 0 Å². The van der Waals surface area contributed by atoms with Crippen molar-refractivity contribution in [1.29, 1.82) is 0 Å². The second-order valence-corrected chi connectivity index (χ2v) is 3.94. The smallest absolute Gasteiger partial charge is 0.404 e. The fourth-order valence-corrected chi connectivity index (χ4v) is 1.81. The maximum absolute atomic E-state index is 11.5. The van der Waals surface area contributed by atoms with Crippen molar-refractivity contribution in [3.05, 3.63) is 40.2 Å². The van der Waals surface area contributed by atoms with E-state index in [2.05, 4.69) is 5.32 Å². The molecule has 1 heterocycles. The molecule has 0 saturated heterocycles. The molecule has 0 atom stereocenters. The highest BCUT2D eigenvalue weighted by atomic mass is 16.5. The van der Waals surface area contributed by atoms with Crippen LogP contribution >= 0.6 is 0 Å². The molecule has 0 bridgehead atoms. The number of benzene rings is 1. The molecule has 1 aromatic carbocycles. The average Bonchev–Trinajstić information content (AvgIpc) is 2.35. The fourth-order valence-electron chi connectivity index (χ4n) is 1.81. The van der Waals surface area contributed by atoms with Crippen LogP contribution in [0, 0.1) is 0 Å². The van der Waals surface area contributed by atoms with Gasteiger partial charge in [0, 0.05) is 35.3 Å². The molecule has 2 rings (SSSR count). The Morgan fingerprint density at radius 2 is 2.21 bits per heavy atom. The molecule has 19 heavy (non-hydrogen) atoms. The fraction of sp³-hybridized carbons (Fsp3) is 0.231. The molecule has 0 saturated carbocycles. The van der Waals surface area contributed by atoms with Gasteiger partial charge >= 0.3 is 11.7 Å². The monoisotopic (exact) mass is 262 g/mol. The first-order valence-corrected chi connectivity index (χ1v) is 5.83. The molecule has 0 fully saturated rings. The quantitative estimate of drug-likeness (QED) is 0.819. The second kappa shape index (κ2) is 5.43. The van der Waals surface area contributed by atoms with E-state index in [9.17, 15) is 9.59 Å². The molecular formula is C13H14N2O4. The van der Waals surface area contributed by atoms with E-state index in [0.717, 1.165) is 12.2 Å². The molecule has 0 spiro atoms. The lowest BCUT2D eigenvalue weighted by Gasteiger charge is -2.07. The van der Waals surface area contributed by atoms with Gasteiger partial charge in [0.25, 0.3) is 0 Å². The normalized spacial score (nSPS) is 10.4. The van der Waals surface area contributed by atoms with E-state index < -0.39 is 11.7 Å². The van der Waals surface area contributed by atoms with Crippen molar-refractivity contribution >= 4 is 22.7 Å². The van der Waals surface area contributed by atoms with Crippen LogP contribution in [0.15, 0.2) is 33.5 Å². The molecule has 1 aromatic heterocycles. The van der Waals surface area contributed by atoms with Gasteiger partial charge in [-0.25, -0.2) is 9.59 Å². The van der Waals surface area contributed by atoms with Gasteiger partial charge in [-0.05, 0) is 19.1 Å². The zero-order valence-electron chi connectivity index (χ0n) is 10.4. The Labute approximate surface area is 109 Å². The number of primary amides is 1. The van der Waals surface area contributed by atoms with Gasteiger partial charge in [-0.2, -0.15) is 0 Å². The maximum atomic E-state index is 11.5. The largest absolute Gasteiger partial charge is 0.445 e. The number of rotatable bonds is 4. The Bertz CT molecular complexity index is 663.